The molecule has 1 heterocycles. The molecule has 3 aliphatic rings. The second-order valence-electron chi connectivity index (χ2n) is 5.20. The summed E-state index contributed by atoms with van der Waals surface area (Å²) in [6.07, 6.45) is 5.73. The zero-order valence-electron chi connectivity index (χ0n) is 8.50. The van der Waals surface area contributed by atoms with Gasteiger partial charge in [-0.15, -0.1) is 0 Å². The third kappa shape index (κ3) is 1.75. The van der Waals surface area contributed by atoms with Crippen LogP contribution in [0.2, 0.25) is 0 Å². The van der Waals surface area contributed by atoms with Crippen LogP contribution in [0, 0.1) is 5.92 Å². The van der Waals surface area contributed by atoms with Crippen molar-refractivity contribution in [1.82, 2.24) is 10.2 Å². The van der Waals surface area contributed by atoms with Gasteiger partial charge < -0.3 is 5.32 Å². The van der Waals surface area contributed by atoms with E-state index in [9.17, 15) is 0 Å². The summed E-state index contributed by atoms with van der Waals surface area (Å²) in [5.41, 5.74) is 0. The largest absolute Gasteiger partial charge is 0.310 e. The zero-order chi connectivity index (χ0) is 8.84. The summed E-state index contributed by atoms with van der Waals surface area (Å²) in [5.74, 6) is 0.954. The van der Waals surface area contributed by atoms with Crippen molar-refractivity contribution in [2.24, 2.45) is 5.92 Å². The summed E-state index contributed by atoms with van der Waals surface area (Å²) in [5, 5.41) is 3.77. The minimum atomic E-state index is 0.815. The van der Waals surface area contributed by atoms with E-state index in [1.54, 1.807) is 0 Å². The maximum Gasteiger partial charge on any atom is 0.0210 e. The Morgan fingerprint density at radius 1 is 1.23 bits per heavy atom. The summed E-state index contributed by atoms with van der Waals surface area (Å²) in [6.45, 7) is 5.03. The molecule has 0 radical (unpaired) electrons. The standard InChI is InChI=1S/C11H20N2/c1-8-6-11(8)12-9-4-5-13(7-9)10-2-3-10/h8-12H,2-7H2,1H3. The molecular formula is C11H20N2. The molecule has 3 fully saturated rings. The van der Waals surface area contributed by atoms with E-state index in [4.69, 9.17) is 0 Å². The predicted octanol–water partition coefficient (Wildman–Crippen LogP) is 1.22. The second-order valence-corrected chi connectivity index (χ2v) is 5.20. The molecule has 0 spiro atoms. The van der Waals surface area contributed by atoms with E-state index in [0.717, 1.165) is 24.0 Å². The summed E-state index contributed by atoms with van der Waals surface area (Å²) < 4.78 is 0. The van der Waals surface area contributed by atoms with Crippen LogP contribution in [0.3, 0.4) is 0 Å². The van der Waals surface area contributed by atoms with Gasteiger partial charge in [-0.1, -0.05) is 6.92 Å². The van der Waals surface area contributed by atoms with Gasteiger partial charge in [0, 0.05) is 31.2 Å². The summed E-state index contributed by atoms with van der Waals surface area (Å²) in [7, 11) is 0. The van der Waals surface area contributed by atoms with Crippen LogP contribution in [0.1, 0.15) is 32.6 Å². The van der Waals surface area contributed by atoms with Gasteiger partial charge in [-0.25, -0.2) is 0 Å². The highest BCUT2D eigenvalue weighted by molar-refractivity contribution is 4.97. The molecule has 2 aliphatic carbocycles. The van der Waals surface area contributed by atoms with Gasteiger partial charge in [0.1, 0.15) is 0 Å². The van der Waals surface area contributed by atoms with E-state index < -0.39 is 0 Å². The monoisotopic (exact) mass is 180 g/mol. The molecule has 0 aromatic heterocycles. The highest BCUT2D eigenvalue weighted by Gasteiger charge is 2.38. The van der Waals surface area contributed by atoms with Crippen LogP contribution >= 0.6 is 0 Å². The third-order valence-corrected chi connectivity index (χ3v) is 3.84. The second kappa shape index (κ2) is 2.96. The Hall–Kier alpha value is -0.0800. The van der Waals surface area contributed by atoms with Crippen LogP contribution in [0.4, 0.5) is 0 Å². The first-order chi connectivity index (χ1) is 6.33. The number of likely N-dealkylation sites (tertiary alicyclic amines) is 1. The van der Waals surface area contributed by atoms with Crippen molar-refractivity contribution in [3.63, 3.8) is 0 Å². The van der Waals surface area contributed by atoms with E-state index >= 15 is 0 Å². The predicted molar refractivity (Wildman–Crippen MR) is 53.7 cm³/mol. The lowest BCUT2D eigenvalue weighted by molar-refractivity contribution is 0.316. The van der Waals surface area contributed by atoms with Crippen LogP contribution in [-0.2, 0) is 0 Å². The minimum Gasteiger partial charge on any atom is -0.310 e. The maximum atomic E-state index is 3.77. The number of nitrogens with one attached hydrogen (secondary N) is 1. The Kier molecular flexibility index (Phi) is 1.88. The van der Waals surface area contributed by atoms with Gasteiger partial charge in [0.15, 0.2) is 0 Å². The van der Waals surface area contributed by atoms with E-state index in [0.29, 0.717) is 0 Å². The van der Waals surface area contributed by atoms with Crippen LogP contribution in [0.15, 0.2) is 0 Å². The first-order valence-electron chi connectivity index (χ1n) is 5.83. The average Bonchev–Trinajstić information content (AvgIpc) is 2.99. The molecule has 1 saturated heterocycles. The van der Waals surface area contributed by atoms with Crippen molar-refractivity contribution >= 4 is 0 Å². The fourth-order valence-corrected chi connectivity index (χ4v) is 2.55. The molecule has 3 atom stereocenters. The Morgan fingerprint density at radius 3 is 2.62 bits per heavy atom. The van der Waals surface area contributed by atoms with Crippen molar-refractivity contribution in [3.8, 4) is 0 Å². The normalized spacial score (nSPS) is 45.5. The molecule has 3 unspecified atom stereocenters. The molecule has 0 aromatic rings. The first kappa shape index (κ1) is 8.25. The molecule has 0 amide bonds. The molecule has 2 heteroatoms. The van der Waals surface area contributed by atoms with Crippen LogP contribution in [0.5, 0.6) is 0 Å². The van der Waals surface area contributed by atoms with Gasteiger partial charge in [-0.3, -0.25) is 4.90 Å². The molecule has 2 saturated carbocycles. The van der Waals surface area contributed by atoms with Crippen molar-refractivity contribution in [1.29, 1.82) is 0 Å². The van der Waals surface area contributed by atoms with Crippen LogP contribution in [0.25, 0.3) is 0 Å². The summed E-state index contributed by atoms with van der Waals surface area (Å²) in [4.78, 5) is 2.69. The highest BCUT2D eigenvalue weighted by atomic mass is 15.2. The lowest BCUT2D eigenvalue weighted by atomic mass is 10.2. The first-order valence-corrected chi connectivity index (χ1v) is 5.83. The van der Waals surface area contributed by atoms with Crippen LogP contribution in [-0.4, -0.2) is 36.1 Å². The lowest BCUT2D eigenvalue weighted by Crippen LogP contribution is -2.35. The Morgan fingerprint density at radius 2 is 2.00 bits per heavy atom. The van der Waals surface area contributed by atoms with Crippen molar-refractivity contribution in [3.05, 3.63) is 0 Å². The fraction of sp³-hybridized carbons (Fsp3) is 1.00. The molecule has 0 aromatic carbocycles. The molecule has 74 valence electrons. The third-order valence-electron chi connectivity index (χ3n) is 3.84. The summed E-state index contributed by atoms with van der Waals surface area (Å²) >= 11 is 0. The molecule has 1 aliphatic heterocycles. The van der Waals surface area contributed by atoms with Crippen molar-refractivity contribution in [2.75, 3.05) is 13.1 Å². The van der Waals surface area contributed by atoms with E-state index in [1.165, 1.54) is 38.8 Å². The molecule has 1 N–H and O–H groups in total. The van der Waals surface area contributed by atoms with Gasteiger partial charge in [-0.2, -0.15) is 0 Å². The van der Waals surface area contributed by atoms with E-state index in [2.05, 4.69) is 17.1 Å². The Balaban J connectivity index is 1.46. The van der Waals surface area contributed by atoms with Crippen molar-refractivity contribution < 1.29 is 0 Å². The van der Waals surface area contributed by atoms with Gasteiger partial charge in [0.25, 0.3) is 0 Å². The highest BCUT2D eigenvalue weighted by Crippen LogP contribution is 2.33. The Labute approximate surface area is 80.7 Å². The van der Waals surface area contributed by atoms with Gasteiger partial charge in [0.2, 0.25) is 0 Å². The molecule has 3 rings (SSSR count). The molecule has 0 bridgehead atoms. The zero-order valence-corrected chi connectivity index (χ0v) is 8.50. The summed E-state index contributed by atoms with van der Waals surface area (Å²) in [6, 6.07) is 2.66. The van der Waals surface area contributed by atoms with E-state index in [1.807, 2.05) is 0 Å². The number of hydrogen-bond donors (Lipinski definition) is 1. The smallest absolute Gasteiger partial charge is 0.0210 e. The van der Waals surface area contributed by atoms with Gasteiger partial charge in [0.05, 0.1) is 0 Å². The quantitative estimate of drug-likeness (QED) is 0.702. The fourth-order valence-electron chi connectivity index (χ4n) is 2.55. The molecule has 2 nitrogen and oxygen atoms in total. The molecular weight excluding hydrogens is 160 g/mol. The SMILES string of the molecule is CC1CC1NC1CCN(C2CC2)C1. The average molecular weight is 180 g/mol. The lowest BCUT2D eigenvalue weighted by Gasteiger charge is -2.15. The van der Waals surface area contributed by atoms with Crippen molar-refractivity contribution in [2.45, 2.75) is 50.7 Å². The maximum absolute atomic E-state index is 3.77. The number of nitrogens with zero attached hydrogens (tertiary/aromatic N) is 1. The number of hydrogen-bond acceptors (Lipinski definition) is 2. The van der Waals surface area contributed by atoms with Gasteiger partial charge in [-0.05, 0) is 31.6 Å². The minimum absolute atomic E-state index is 0.815. The topological polar surface area (TPSA) is 15.3 Å². The van der Waals surface area contributed by atoms with Crippen LogP contribution < -0.4 is 5.32 Å². The molecule has 13 heavy (non-hydrogen) atoms. The number of rotatable bonds is 3. The van der Waals surface area contributed by atoms with E-state index in [-0.39, 0.29) is 0 Å². The Bertz CT molecular complexity index is 200. The van der Waals surface area contributed by atoms with Gasteiger partial charge >= 0.3 is 0 Å².